The van der Waals surface area contributed by atoms with Gasteiger partial charge in [-0.1, -0.05) is 41.7 Å². The number of ether oxygens (including phenoxy) is 3. The Bertz CT molecular complexity index is 1810. The zero-order valence-electron chi connectivity index (χ0n) is 22.2. The second-order valence-electron chi connectivity index (χ2n) is 8.91. The third-order valence-electron chi connectivity index (χ3n) is 6.50. The second-order valence-corrected chi connectivity index (χ2v) is 10.8. The van der Waals surface area contributed by atoms with Crippen molar-refractivity contribution < 1.29 is 19.0 Å². The van der Waals surface area contributed by atoms with E-state index in [2.05, 4.69) is 21.2 Å². The van der Waals surface area contributed by atoms with E-state index in [1.165, 1.54) is 11.3 Å². The fourth-order valence-corrected chi connectivity index (χ4v) is 6.16. The van der Waals surface area contributed by atoms with Crippen molar-refractivity contribution in [1.29, 1.82) is 0 Å². The van der Waals surface area contributed by atoms with Gasteiger partial charge < -0.3 is 19.5 Å². The molecule has 1 aliphatic heterocycles. The van der Waals surface area contributed by atoms with Crippen LogP contribution in [-0.4, -0.2) is 31.8 Å². The first-order chi connectivity index (χ1) is 19.3. The summed E-state index contributed by atoms with van der Waals surface area (Å²) in [6.07, 6.45) is 1.76. The summed E-state index contributed by atoms with van der Waals surface area (Å²) >= 11 is 4.76. The Morgan fingerprint density at radius 1 is 1.00 bits per heavy atom. The molecule has 4 aromatic rings. The predicted molar refractivity (Wildman–Crippen MR) is 159 cm³/mol. The second kappa shape index (κ2) is 11.5. The lowest BCUT2D eigenvalue weighted by molar-refractivity contribution is -0.113. The number of para-hydroxylation sites is 1. The molecular weight excluding hydrogens is 594 g/mol. The molecule has 40 heavy (non-hydrogen) atoms. The minimum atomic E-state index is -0.721. The summed E-state index contributed by atoms with van der Waals surface area (Å²) in [4.78, 5) is 32.9. The number of allylic oxidation sites excluding steroid dienone is 1. The lowest BCUT2D eigenvalue weighted by Crippen LogP contribution is -2.40. The van der Waals surface area contributed by atoms with Crippen LogP contribution < -0.4 is 34.4 Å². The van der Waals surface area contributed by atoms with Gasteiger partial charge >= 0.3 is 0 Å². The minimum absolute atomic E-state index is 0.275. The van der Waals surface area contributed by atoms with Crippen LogP contribution in [0.25, 0.3) is 6.08 Å². The lowest BCUT2D eigenvalue weighted by Gasteiger charge is -2.25. The molecule has 0 spiro atoms. The minimum Gasteiger partial charge on any atom is -0.497 e. The number of halogens is 1. The van der Waals surface area contributed by atoms with Gasteiger partial charge in [-0.2, -0.15) is 0 Å². The van der Waals surface area contributed by atoms with Crippen LogP contribution in [0.15, 0.2) is 92.3 Å². The fraction of sp³-hybridized carbons (Fsp3) is 0.167. The first-order valence-electron chi connectivity index (χ1n) is 12.3. The molecule has 0 unspecified atom stereocenters. The van der Waals surface area contributed by atoms with Crippen molar-refractivity contribution in [3.8, 4) is 17.2 Å². The third-order valence-corrected chi connectivity index (χ3v) is 8.10. The van der Waals surface area contributed by atoms with Gasteiger partial charge in [0.15, 0.2) is 4.80 Å². The van der Waals surface area contributed by atoms with Crippen LogP contribution in [-0.2, 0) is 4.79 Å². The van der Waals surface area contributed by atoms with Crippen LogP contribution in [0.3, 0.4) is 0 Å². The van der Waals surface area contributed by atoms with Crippen molar-refractivity contribution in [2.45, 2.75) is 13.0 Å². The van der Waals surface area contributed by atoms with Gasteiger partial charge in [-0.3, -0.25) is 14.2 Å². The average molecular weight is 621 g/mol. The SMILES string of the molecule is COc1cccc([C@H]2C(C(=O)Nc3ccccc3)=C(C)N=c3s/c(=C\c4cc(Br)c(OC)cc4OC)c(=O)n32)c1. The molecule has 1 aromatic heterocycles. The van der Waals surface area contributed by atoms with E-state index in [-0.39, 0.29) is 11.5 Å². The molecule has 1 amide bonds. The van der Waals surface area contributed by atoms with Crippen molar-refractivity contribution in [2.75, 3.05) is 26.6 Å². The number of nitrogens with one attached hydrogen (secondary N) is 1. The van der Waals surface area contributed by atoms with Crippen molar-refractivity contribution in [1.82, 2.24) is 4.57 Å². The number of carbonyl (C=O) groups is 1. The maximum atomic E-state index is 14.0. The van der Waals surface area contributed by atoms with Crippen LogP contribution in [0.1, 0.15) is 24.1 Å². The van der Waals surface area contributed by atoms with Gasteiger partial charge in [-0.05, 0) is 64.8 Å². The van der Waals surface area contributed by atoms with Crippen LogP contribution in [0, 0.1) is 0 Å². The third kappa shape index (κ3) is 5.20. The molecule has 0 radical (unpaired) electrons. The number of hydrogen-bond donors (Lipinski definition) is 1. The van der Waals surface area contributed by atoms with Crippen molar-refractivity contribution in [3.05, 3.63) is 113 Å². The van der Waals surface area contributed by atoms with Gasteiger partial charge in [-0.25, -0.2) is 4.99 Å². The number of fused-ring (bicyclic) bond motifs is 1. The molecule has 0 bridgehead atoms. The summed E-state index contributed by atoms with van der Waals surface area (Å²) in [6.45, 7) is 1.79. The standard InChI is InChI=1S/C30H26BrN3O5S/c1-17-26(28(35)33-20-10-6-5-7-11-20)27(18-9-8-12-21(13-18)37-2)34-29(36)25(40-30(34)32-17)15-19-14-22(31)24(39-4)16-23(19)38-3/h5-16,27H,1-4H3,(H,33,35)/b25-15-/t27-/m0/s1. The number of anilines is 1. The van der Waals surface area contributed by atoms with Gasteiger partial charge in [0, 0.05) is 17.3 Å². The topological polar surface area (TPSA) is 91.2 Å². The maximum Gasteiger partial charge on any atom is 0.271 e. The van der Waals surface area contributed by atoms with Crippen LogP contribution in [0.5, 0.6) is 17.2 Å². The van der Waals surface area contributed by atoms with E-state index in [4.69, 9.17) is 19.2 Å². The summed E-state index contributed by atoms with van der Waals surface area (Å²) < 4.78 is 19.1. The Balaban J connectivity index is 1.70. The fourth-order valence-electron chi connectivity index (χ4n) is 4.60. The number of thiazole rings is 1. The van der Waals surface area contributed by atoms with E-state index in [0.29, 0.717) is 49.1 Å². The van der Waals surface area contributed by atoms with E-state index in [1.807, 2.05) is 60.7 Å². The Morgan fingerprint density at radius 3 is 2.45 bits per heavy atom. The highest BCUT2D eigenvalue weighted by atomic mass is 79.9. The molecular formula is C30H26BrN3O5S. The van der Waals surface area contributed by atoms with Crippen LogP contribution in [0.2, 0.25) is 0 Å². The van der Waals surface area contributed by atoms with E-state index in [0.717, 1.165) is 10.0 Å². The molecule has 0 fully saturated rings. The predicted octanol–water partition coefficient (Wildman–Crippen LogP) is 4.66. The van der Waals surface area contributed by atoms with Crippen LogP contribution >= 0.6 is 27.3 Å². The molecule has 0 saturated heterocycles. The number of benzene rings is 3. The first-order valence-corrected chi connectivity index (χ1v) is 13.9. The zero-order valence-corrected chi connectivity index (χ0v) is 24.6. The van der Waals surface area contributed by atoms with Gasteiger partial charge in [0.2, 0.25) is 0 Å². The number of methoxy groups -OCH3 is 3. The molecule has 5 rings (SSSR count). The first kappa shape index (κ1) is 27.4. The van der Waals surface area contributed by atoms with Crippen molar-refractivity contribution in [3.63, 3.8) is 0 Å². The molecule has 1 atom stereocenters. The number of nitrogens with zero attached hydrogens (tertiary/aromatic N) is 2. The van der Waals surface area contributed by atoms with Gasteiger partial charge in [-0.15, -0.1) is 0 Å². The molecule has 3 aromatic carbocycles. The Kier molecular flexibility index (Phi) is 7.90. The normalized spacial score (nSPS) is 14.8. The van der Waals surface area contributed by atoms with E-state index < -0.39 is 6.04 Å². The molecule has 8 nitrogen and oxygen atoms in total. The van der Waals surface area contributed by atoms with E-state index in [1.54, 1.807) is 45.0 Å². The highest BCUT2D eigenvalue weighted by Gasteiger charge is 2.32. The average Bonchev–Trinajstić information content (AvgIpc) is 3.26. The van der Waals surface area contributed by atoms with Crippen molar-refractivity contribution in [2.24, 2.45) is 4.99 Å². The van der Waals surface area contributed by atoms with Crippen LogP contribution in [0.4, 0.5) is 5.69 Å². The molecule has 1 aliphatic rings. The maximum absolute atomic E-state index is 14.0. The molecule has 204 valence electrons. The monoisotopic (exact) mass is 619 g/mol. The molecule has 2 heterocycles. The highest BCUT2D eigenvalue weighted by molar-refractivity contribution is 9.10. The van der Waals surface area contributed by atoms with E-state index in [9.17, 15) is 9.59 Å². The number of carbonyl (C=O) groups excluding carboxylic acids is 1. The molecule has 0 saturated carbocycles. The summed E-state index contributed by atoms with van der Waals surface area (Å²) in [5.74, 6) is 1.44. The molecule has 10 heteroatoms. The summed E-state index contributed by atoms with van der Waals surface area (Å²) in [5, 5.41) is 2.96. The Morgan fingerprint density at radius 2 is 1.75 bits per heavy atom. The lowest BCUT2D eigenvalue weighted by atomic mass is 9.95. The highest BCUT2D eigenvalue weighted by Crippen LogP contribution is 2.34. The number of hydrogen-bond acceptors (Lipinski definition) is 7. The van der Waals surface area contributed by atoms with Crippen molar-refractivity contribution >= 4 is 44.9 Å². The number of rotatable bonds is 7. The Hall–Kier alpha value is -4.15. The van der Waals surface area contributed by atoms with Gasteiger partial charge in [0.05, 0.1) is 47.6 Å². The number of amides is 1. The zero-order chi connectivity index (χ0) is 28.4. The molecule has 1 N–H and O–H groups in total. The number of aromatic nitrogens is 1. The Labute approximate surface area is 243 Å². The van der Waals surface area contributed by atoms with Gasteiger partial charge in [0.25, 0.3) is 11.5 Å². The quantitative estimate of drug-likeness (QED) is 0.325. The smallest absolute Gasteiger partial charge is 0.271 e. The summed E-state index contributed by atoms with van der Waals surface area (Å²) in [5.41, 5.74) is 2.69. The van der Waals surface area contributed by atoms with Gasteiger partial charge in [0.1, 0.15) is 17.2 Å². The van der Waals surface area contributed by atoms with E-state index >= 15 is 0 Å². The summed E-state index contributed by atoms with van der Waals surface area (Å²) in [7, 11) is 4.71. The molecule has 0 aliphatic carbocycles. The summed E-state index contributed by atoms with van der Waals surface area (Å²) in [6, 6.07) is 19.4. The largest absolute Gasteiger partial charge is 0.497 e.